The Balaban J connectivity index is 1.66. The van der Waals surface area contributed by atoms with Crippen LogP contribution in [0, 0.1) is 6.92 Å². The van der Waals surface area contributed by atoms with Crippen molar-refractivity contribution in [2.24, 2.45) is 0 Å². The summed E-state index contributed by atoms with van der Waals surface area (Å²) < 4.78 is 29.9. The van der Waals surface area contributed by atoms with Gasteiger partial charge >= 0.3 is 16.1 Å². The van der Waals surface area contributed by atoms with Gasteiger partial charge in [-0.3, -0.25) is 0 Å². The molecule has 0 saturated carbocycles. The van der Waals surface area contributed by atoms with Crippen LogP contribution in [0.3, 0.4) is 0 Å². The molecule has 0 fully saturated rings. The van der Waals surface area contributed by atoms with Crippen molar-refractivity contribution in [2.45, 2.75) is 11.8 Å². The van der Waals surface area contributed by atoms with Gasteiger partial charge in [0.05, 0.1) is 0 Å². The highest BCUT2D eigenvalue weighted by molar-refractivity contribution is 7.87. The van der Waals surface area contributed by atoms with Crippen LogP contribution in [0.5, 0.6) is 5.75 Å². The first-order valence-electron chi connectivity index (χ1n) is 8.17. The van der Waals surface area contributed by atoms with Crippen molar-refractivity contribution in [3.63, 3.8) is 0 Å². The maximum atomic E-state index is 12.4. The van der Waals surface area contributed by atoms with Crippen molar-refractivity contribution in [1.29, 1.82) is 0 Å². The predicted octanol–water partition coefficient (Wildman–Crippen LogP) is 4.41. The largest absolute Gasteiger partial charge is 0.379 e. The number of carbonyl (C=O) groups excluding carboxylic acids is 1. The molecule has 0 aliphatic rings. The molecule has 3 aromatic rings. The maximum Gasteiger partial charge on any atom is 0.339 e. The Hall–Kier alpha value is -3.32. The summed E-state index contributed by atoms with van der Waals surface area (Å²) in [5, 5.41) is 5.32. The second-order valence-corrected chi connectivity index (χ2v) is 7.37. The van der Waals surface area contributed by atoms with Crippen LogP contribution in [0.4, 0.5) is 16.2 Å². The molecule has 0 radical (unpaired) electrons. The first kappa shape index (κ1) is 18.5. The highest BCUT2D eigenvalue weighted by Crippen LogP contribution is 2.21. The van der Waals surface area contributed by atoms with Crippen LogP contribution in [-0.4, -0.2) is 14.4 Å². The predicted molar refractivity (Wildman–Crippen MR) is 105 cm³/mol. The number of amides is 2. The van der Waals surface area contributed by atoms with Crippen molar-refractivity contribution >= 4 is 27.5 Å². The average Bonchev–Trinajstić information content (AvgIpc) is 2.62. The molecular formula is C20H18N2O4S. The van der Waals surface area contributed by atoms with Gasteiger partial charge in [0.2, 0.25) is 0 Å². The Kier molecular flexibility index (Phi) is 5.42. The summed E-state index contributed by atoms with van der Waals surface area (Å²) in [7, 11) is -3.95. The van der Waals surface area contributed by atoms with E-state index in [2.05, 4.69) is 10.6 Å². The highest BCUT2D eigenvalue weighted by Gasteiger charge is 2.17. The van der Waals surface area contributed by atoms with Gasteiger partial charge in [-0.05, 0) is 61.0 Å². The van der Waals surface area contributed by atoms with E-state index in [1.54, 1.807) is 30.3 Å². The second kappa shape index (κ2) is 7.92. The van der Waals surface area contributed by atoms with Crippen LogP contribution in [0.2, 0.25) is 0 Å². The molecule has 0 unspecified atom stereocenters. The number of hydrogen-bond acceptors (Lipinski definition) is 4. The van der Waals surface area contributed by atoms with E-state index in [0.29, 0.717) is 11.4 Å². The molecule has 7 heteroatoms. The molecule has 2 amide bonds. The molecule has 0 aliphatic heterocycles. The van der Waals surface area contributed by atoms with E-state index >= 15 is 0 Å². The van der Waals surface area contributed by atoms with E-state index in [-0.39, 0.29) is 10.6 Å². The lowest BCUT2D eigenvalue weighted by Gasteiger charge is -2.10. The number of anilines is 2. The first-order valence-corrected chi connectivity index (χ1v) is 9.57. The molecule has 0 spiro atoms. The van der Waals surface area contributed by atoms with Crippen molar-refractivity contribution in [3.8, 4) is 5.75 Å². The third-order valence-electron chi connectivity index (χ3n) is 3.63. The Morgan fingerprint density at radius 2 is 1.44 bits per heavy atom. The molecule has 0 atom stereocenters. The van der Waals surface area contributed by atoms with Crippen molar-refractivity contribution in [2.75, 3.05) is 10.6 Å². The van der Waals surface area contributed by atoms with Gasteiger partial charge < -0.3 is 14.8 Å². The smallest absolute Gasteiger partial charge is 0.339 e. The molecule has 3 aromatic carbocycles. The SMILES string of the molecule is Cc1cccc(OS(=O)(=O)c2ccc(NC(=O)Nc3ccccc3)cc2)c1. The standard InChI is InChI=1S/C20H18N2O4S/c1-15-6-5-9-18(14-15)26-27(24,25)19-12-10-17(11-13-19)22-20(23)21-16-7-3-2-4-8-16/h2-14H,1H3,(H2,21,22,23). The Bertz CT molecular complexity index is 1030. The zero-order chi connectivity index (χ0) is 19.3. The Labute approximate surface area is 157 Å². The summed E-state index contributed by atoms with van der Waals surface area (Å²) in [6.07, 6.45) is 0. The third kappa shape index (κ3) is 5.08. The lowest BCUT2D eigenvalue weighted by Crippen LogP contribution is -2.19. The second-order valence-electron chi connectivity index (χ2n) is 5.82. The van der Waals surface area contributed by atoms with Crippen LogP contribution in [0.15, 0.2) is 83.8 Å². The average molecular weight is 382 g/mol. The van der Waals surface area contributed by atoms with Gasteiger partial charge in [0.15, 0.2) is 0 Å². The zero-order valence-electron chi connectivity index (χ0n) is 14.5. The Morgan fingerprint density at radius 3 is 2.07 bits per heavy atom. The molecule has 138 valence electrons. The molecule has 0 aromatic heterocycles. The molecular weight excluding hydrogens is 364 g/mol. The lowest BCUT2D eigenvalue weighted by atomic mass is 10.2. The number of para-hydroxylation sites is 1. The molecule has 0 saturated heterocycles. The normalized spacial score (nSPS) is 10.9. The fourth-order valence-electron chi connectivity index (χ4n) is 2.36. The topological polar surface area (TPSA) is 84.5 Å². The van der Waals surface area contributed by atoms with Crippen LogP contribution in [-0.2, 0) is 10.1 Å². The van der Waals surface area contributed by atoms with E-state index in [4.69, 9.17) is 4.18 Å². The summed E-state index contributed by atoms with van der Waals surface area (Å²) in [5.74, 6) is 0.249. The number of carbonyl (C=O) groups is 1. The lowest BCUT2D eigenvalue weighted by molar-refractivity contribution is 0.262. The van der Waals surface area contributed by atoms with Gasteiger partial charge in [0.25, 0.3) is 0 Å². The Morgan fingerprint density at radius 1 is 0.815 bits per heavy atom. The number of aryl methyl sites for hydroxylation is 1. The van der Waals surface area contributed by atoms with Crippen LogP contribution >= 0.6 is 0 Å². The fraction of sp³-hybridized carbons (Fsp3) is 0.0500. The summed E-state index contributed by atoms with van der Waals surface area (Å²) in [6.45, 7) is 1.85. The number of hydrogen-bond donors (Lipinski definition) is 2. The number of nitrogens with one attached hydrogen (secondary N) is 2. The molecule has 0 aliphatic carbocycles. The molecule has 2 N–H and O–H groups in total. The minimum Gasteiger partial charge on any atom is -0.379 e. The minimum atomic E-state index is -3.95. The first-order chi connectivity index (χ1) is 12.9. The molecule has 6 nitrogen and oxygen atoms in total. The fourth-order valence-corrected chi connectivity index (χ4v) is 3.28. The van der Waals surface area contributed by atoms with E-state index in [1.807, 2.05) is 31.2 Å². The zero-order valence-corrected chi connectivity index (χ0v) is 15.4. The molecule has 27 heavy (non-hydrogen) atoms. The van der Waals surface area contributed by atoms with Gasteiger partial charge in [-0.2, -0.15) is 8.42 Å². The minimum absolute atomic E-state index is 0.00183. The van der Waals surface area contributed by atoms with Crippen molar-refractivity contribution in [3.05, 3.63) is 84.4 Å². The molecule has 0 bridgehead atoms. The van der Waals surface area contributed by atoms with Crippen molar-refractivity contribution in [1.82, 2.24) is 0 Å². The van der Waals surface area contributed by atoms with Crippen LogP contribution in [0.1, 0.15) is 5.56 Å². The molecule has 0 heterocycles. The quantitative estimate of drug-likeness (QED) is 0.640. The van der Waals surface area contributed by atoms with Crippen LogP contribution < -0.4 is 14.8 Å². The molecule has 3 rings (SSSR count). The van der Waals surface area contributed by atoms with Crippen LogP contribution in [0.25, 0.3) is 0 Å². The van der Waals surface area contributed by atoms with Gasteiger partial charge in [-0.15, -0.1) is 0 Å². The monoisotopic (exact) mass is 382 g/mol. The van der Waals surface area contributed by atoms with Gasteiger partial charge in [-0.25, -0.2) is 4.79 Å². The number of rotatable bonds is 5. The van der Waals surface area contributed by atoms with Crippen molar-refractivity contribution < 1.29 is 17.4 Å². The summed E-state index contributed by atoms with van der Waals surface area (Å²) >= 11 is 0. The van der Waals surface area contributed by atoms with Gasteiger partial charge in [-0.1, -0.05) is 30.3 Å². The van der Waals surface area contributed by atoms with Gasteiger partial charge in [0.1, 0.15) is 10.6 Å². The highest BCUT2D eigenvalue weighted by atomic mass is 32.2. The van der Waals surface area contributed by atoms with E-state index in [9.17, 15) is 13.2 Å². The summed E-state index contributed by atoms with van der Waals surface area (Å²) in [6, 6.07) is 21.1. The number of urea groups is 1. The summed E-state index contributed by atoms with van der Waals surface area (Å²) in [5.41, 5.74) is 2.00. The maximum absolute atomic E-state index is 12.4. The summed E-state index contributed by atoms with van der Waals surface area (Å²) in [4.78, 5) is 12.0. The number of benzene rings is 3. The van der Waals surface area contributed by atoms with E-state index in [0.717, 1.165) is 5.56 Å². The van der Waals surface area contributed by atoms with Gasteiger partial charge in [0, 0.05) is 11.4 Å². The third-order valence-corrected chi connectivity index (χ3v) is 4.89. The van der Waals surface area contributed by atoms with E-state index < -0.39 is 16.1 Å². The van der Waals surface area contributed by atoms with E-state index in [1.165, 1.54) is 24.3 Å².